The number of aromatic nitrogens is 1. The van der Waals surface area contributed by atoms with Crippen molar-refractivity contribution in [3.05, 3.63) is 23.4 Å². The lowest BCUT2D eigenvalue weighted by Crippen LogP contribution is -2.26. The largest absolute Gasteiger partial charge is 0.478 e. The SMILES string of the molecule is CCCC1CCC(Nc2ccc(C(=O)O)c(C)n2)CC1. The van der Waals surface area contributed by atoms with Gasteiger partial charge in [-0.3, -0.25) is 0 Å². The molecule has 1 aromatic heterocycles. The number of anilines is 1. The number of carboxylic acids is 1. The van der Waals surface area contributed by atoms with Gasteiger partial charge in [-0.15, -0.1) is 0 Å². The van der Waals surface area contributed by atoms with Gasteiger partial charge < -0.3 is 10.4 Å². The van der Waals surface area contributed by atoms with Crippen molar-refractivity contribution in [2.24, 2.45) is 5.92 Å². The Balaban J connectivity index is 1.91. The van der Waals surface area contributed by atoms with E-state index in [4.69, 9.17) is 5.11 Å². The molecular formula is C16H24N2O2. The summed E-state index contributed by atoms with van der Waals surface area (Å²) in [6.45, 7) is 3.99. The van der Waals surface area contributed by atoms with Gasteiger partial charge in [0.15, 0.2) is 0 Å². The van der Waals surface area contributed by atoms with Crippen molar-refractivity contribution in [2.45, 2.75) is 58.4 Å². The van der Waals surface area contributed by atoms with Crippen molar-refractivity contribution in [2.75, 3.05) is 5.32 Å². The van der Waals surface area contributed by atoms with Gasteiger partial charge in [-0.1, -0.05) is 19.8 Å². The molecule has 1 fully saturated rings. The van der Waals surface area contributed by atoms with E-state index >= 15 is 0 Å². The van der Waals surface area contributed by atoms with E-state index in [1.54, 1.807) is 19.1 Å². The summed E-state index contributed by atoms with van der Waals surface area (Å²) in [4.78, 5) is 15.3. The normalized spacial score (nSPS) is 22.5. The first kappa shape index (κ1) is 14.8. The zero-order chi connectivity index (χ0) is 14.5. The number of hydrogen-bond donors (Lipinski definition) is 2. The number of carboxylic acid groups (broad SMARTS) is 1. The molecule has 4 heteroatoms. The lowest BCUT2D eigenvalue weighted by molar-refractivity contribution is 0.0695. The number of hydrogen-bond acceptors (Lipinski definition) is 3. The monoisotopic (exact) mass is 276 g/mol. The lowest BCUT2D eigenvalue weighted by Gasteiger charge is -2.29. The van der Waals surface area contributed by atoms with Crippen LogP contribution in [0.3, 0.4) is 0 Å². The van der Waals surface area contributed by atoms with Gasteiger partial charge in [-0.2, -0.15) is 0 Å². The van der Waals surface area contributed by atoms with Gasteiger partial charge in [0.05, 0.1) is 11.3 Å². The highest BCUT2D eigenvalue weighted by atomic mass is 16.4. The molecule has 1 heterocycles. The second-order valence-electron chi connectivity index (χ2n) is 5.79. The summed E-state index contributed by atoms with van der Waals surface area (Å²) in [7, 11) is 0. The Kier molecular flexibility index (Phi) is 4.99. The molecule has 2 N–H and O–H groups in total. The first-order chi connectivity index (χ1) is 9.60. The first-order valence-corrected chi connectivity index (χ1v) is 7.57. The molecule has 4 nitrogen and oxygen atoms in total. The maximum absolute atomic E-state index is 11.0. The van der Waals surface area contributed by atoms with Crippen LogP contribution in [0.25, 0.3) is 0 Å². The number of carbonyl (C=O) groups is 1. The van der Waals surface area contributed by atoms with E-state index in [2.05, 4.69) is 17.2 Å². The number of rotatable bonds is 5. The van der Waals surface area contributed by atoms with Gasteiger partial charge in [-0.25, -0.2) is 9.78 Å². The molecule has 20 heavy (non-hydrogen) atoms. The van der Waals surface area contributed by atoms with Crippen molar-refractivity contribution in [3.8, 4) is 0 Å². The topological polar surface area (TPSA) is 62.2 Å². The van der Waals surface area contributed by atoms with E-state index in [0.717, 1.165) is 11.7 Å². The summed E-state index contributed by atoms with van der Waals surface area (Å²) in [5, 5.41) is 12.4. The minimum absolute atomic E-state index is 0.280. The highest BCUT2D eigenvalue weighted by molar-refractivity contribution is 5.89. The van der Waals surface area contributed by atoms with Crippen molar-refractivity contribution in [1.82, 2.24) is 4.98 Å². The Labute approximate surface area is 120 Å². The molecule has 1 aliphatic rings. The highest BCUT2D eigenvalue weighted by Crippen LogP contribution is 2.29. The van der Waals surface area contributed by atoms with Crippen LogP contribution in [0, 0.1) is 12.8 Å². The molecule has 0 amide bonds. The minimum atomic E-state index is -0.915. The van der Waals surface area contributed by atoms with Gasteiger partial charge >= 0.3 is 5.97 Å². The third-order valence-electron chi connectivity index (χ3n) is 4.21. The molecule has 0 atom stereocenters. The summed E-state index contributed by atoms with van der Waals surface area (Å²) < 4.78 is 0. The van der Waals surface area contributed by atoms with Crippen LogP contribution in [0.2, 0.25) is 0 Å². The molecule has 0 aromatic carbocycles. The fourth-order valence-corrected chi connectivity index (χ4v) is 3.08. The van der Waals surface area contributed by atoms with E-state index in [-0.39, 0.29) is 5.56 Å². The zero-order valence-electron chi connectivity index (χ0n) is 12.4. The number of nitrogens with zero attached hydrogens (tertiary/aromatic N) is 1. The Morgan fingerprint density at radius 3 is 2.60 bits per heavy atom. The van der Waals surface area contributed by atoms with Crippen LogP contribution in [0.5, 0.6) is 0 Å². The average molecular weight is 276 g/mol. The summed E-state index contributed by atoms with van der Waals surface area (Å²) in [5.41, 5.74) is 0.851. The Bertz CT molecular complexity index is 466. The van der Waals surface area contributed by atoms with Gasteiger partial charge in [-0.05, 0) is 50.7 Å². The van der Waals surface area contributed by atoms with Crippen LogP contribution < -0.4 is 5.32 Å². The Morgan fingerprint density at radius 2 is 2.05 bits per heavy atom. The molecule has 1 aromatic rings. The smallest absolute Gasteiger partial charge is 0.337 e. The van der Waals surface area contributed by atoms with Crippen LogP contribution in [0.15, 0.2) is 12.1 Å². The molecule has 0 saturated heterocycles. The van der Waals surface area contributed by atoms with E-state index in [9.17, 15) is 4.79 Å². The van der Waals surface area contributed by atoms with E-state index in [1.165, 1.54) is 38.5 Å². The van der Waals surface area contributed by atoms with Crippen LogP contribution in [-0.4, -0.2) is 22.1 Å². The molecule has 0 bridgehead atoms. The standard InChI is InChI=1S/C16H24N2O2/c1-3-4-12-5-7-13(8-6-12)18-15-10-9-14(16(19)20)11(2)17-15/h9-10,12-13H,3-8H2,1-2H3,(H,17,18)(H,19,20). The fourth-order valence-electron chi connectivity index (χ4n) is 3.08. The number of aromatic carboxylic acids is 1. The summed E-state index contributed by atoms with van der Waals surface area (Å²) in [6, 6.07) is 3.88. The van der Waals surface area contributed by atoms with Gasteiger partial charge in [0.2, 0.25) is 0 Å². The third kappa shape index (κ3) is 3.71. The van der Waals surface area contributed by atoms with Crippen molar-refractivity contribution in [1.29, 1.82) is 0 Å². The number of aryl methyl sites for hydroxylation is 1. The number of nitrogens with one attached hydrogen (secondary N) is 1. The van der Waals surface area contributed by atoms with Gasteiger partial charge in [0, 0.05) is 6.04 Å². The number of pyridine rings is 1. The quantitative estimate of drug-likeness (QED) is 0.857. The molecule has 1 aliphatic carbocycles. The zero-order valence-corrected chi connectivity index (χ0v) is 12.4. The molecule has 2 rings (SSSR count). The van der Waals surface area contributed by atoms with E-state index in [1.807, 2.05) is 0 Å². The van der Waals surface area contributed by atoms with E-state index < -0.39 is 5.97 Å². The molecule has 0 unspecified atom stereocenters. The molecule has 0 aliphatic heterocycles. The van der Waals surface area contributed by atoms with Crippen molar-refractivity contribution in [3.63, 3.8) is 0 Å². The van der Waals surface area contributed by atoms with Crippen molar-refractivity contribution < 1.29 is 9.90 Å². The minimum Gasteiger partial charge on any atom is -0.478 e. The molecular weight excluding hydrogens is 252 g/mol. The molecule has 1 saturated carbocycles. The van der Waals surface area contributed by atoms with Crippen LogP contribution >= 0.6 is 0 Å². The summed E-state index contributed by atoms with van der Waals surface area (Å²) in [5.74, 6) is 0.773. The summed E-state index contributed by atoms with van der Waals surface area (Å²) in [6.07, 6.45) is 7.57. The highest BCUT2D eigenvalue weighted by Gasteiger charge is 2.20. The fraction of sp³-hybridized carbons (Fsp3) is 0.625. The second-order valence-corrected chi connectivity index (χ2v) is 5.79. The maximum atomic E-state index is 11.0. The lowest BCUT2D eigenvalue weighted by atomic mass is 9.83. The molecule has 110 valence electrons. The predicted octanol–water partition coefficient (Wildman–Crippen LogP) is 3.86. The van der Waals surface area contributed by atoms with Crippen LogP contribution in [0.4, 0.5) is 5.82 Å². The third-order valence-corrected chi connectivity index (χ3v) is 4.21. The van der Waals surface area contributed by atoms with Gasteiger partial charge in [0.25, 0.3) is 0 Å². The van der Waals surface area contributed by atoms with Crippen molar-refractivity contribution >= 4 is 11.8 Å². The predicted molar refractivity (Wildman–Crippen MR) is 80.2 cm³/mol. The van der Waals surface area contributed by atoms with Crippen LogP contribution in [0.1, 0.15) is 61.5 Å². The Morgan fingerprint density at radius 1 is 1.35 bits per heavy atom. The average Bonchev–Trinajstić information content (AvgIpc) is 2.41. The summed E-state index contributed by atoms with van der Waals surface area (Å²) >= 11 is 0. The molecule has 0 radical (unpaired) electrons. The first-order valence-electron chi connectivity index (χ1n) is 7.57. The van der Waals surface area contributed by atoms with E-state index in [0.29, 0.717) is 11.7 Å². The second kappa shape index (κ2) is 6.73. The maximum Gasteiger partial charge on any atom is 0.337 e. The Hall–Kier alpha value is -1.58. The van der Waals surface area contributed by atoms with Crippen LogP contribution in [-0.2, 0) is 0 Å². The molecule has 0 spiro atoms. The van der Waals surface area contributed by atoms with Gasteiger partial charge in [0.1, 0.15) is 5.82 Å².